The first-order valence-corrected chi connectivity index (χ1v) is 8.97. The first-order chi connectivity index (χ1) is 13.3. The second-order valence-electron chi connectivity index (χ2n) is 6.86. The summed E-state index contributed by atoms with van der Waals surface area (Å²) in [5, 5.41) is 14.2. The van der Waals surface area contributed by atoms with Crippen molar-refractivity contribution in [1.29, 1.82) is 0 Å². The number of halogens is 3. The van der Waals surface area contributed by atoms with E-state index in [1.165, 1.54) is 6.07 Å². The van der Waals surface area contributed by atoms with E-state index in [1.807, 2.05) is 4.68 Å². The summed E-state index contributed by atoms with van der Waals surface area (Å²) in [7, 11) is 0. The van der Waals surface area contributed by atoms with Crippen molar-refractivity contribution in [2.45, 2.75) is 50.2 Å². The number of carbonyl (C=O) groups excluding carboxylic acids is 1. The molecule has 1 aliphatic carbocycles. The molecular weight excluding hydrogens is 375 g/mol. The van der Waals surface area contributed by atoms with E-state index in [-0.39, 0.29) is 24.8 Å². The third-order valence-corrected chi connectivity index (χ3v) is 5.13. The summed E-state index contributed by atoms with van der Waals surface area (Å²) in [5.74, 6) is 0.0569. The van der Waals surface area contributed by atoms with Gasteiger partial charge in [-0.25, -0.2) is 4.68 Å². The molecule has 1 saturated carbocycles. The van der Waals surface area contributed by atoms with Gasteiger partial charge in [-0.2, -0.15) is 18.3 Å². The fourth-order valence-corrected chi connectivity index (χ4v) is 3.89. The number of nitrogens with one attached hydrogen (secondary N) is 1. The largest absolute Gasteiger partial charge is 0.483 e. The first kappa shape index (κ1) is 19.9. The van der Waals surface area contributed by atoms with E-state index in [0.29, 0.717) is 11.4 Å². The lowest BCUT2D eigenvalue weighted by Gasteiger charge is -2.25. The number of hydrogen-bond acceptors (Lipinski definition) is 3. The number of fused-ring (bicyclic) bond motifs is 1. The summed E-state index contributed by atoms with van der Waals surface area (Å²) in [4.78, 5) is 20.5. The Kier molecular flexibility index (Phi) is 5.71. The van der Waals surface area contributed by atoms with Gasteiger partial charge in [0.1, 0.15) is 5.82 Å². The van der Waals surface area contributed by atoms with Gasteiger partial charge in [0.15, 0.2) is 0 Å². The number of hydrogen-bond donors (Lipinski definition) is 2. The van der Waals surface area contributed by atoms with Crippen molar-refractivity contribution in [2.24, 2.45) is 0 Å². The van der Waals surface area contributed by atoms with Crippen molar-refractivity contribution in [3.8, 4) is 0 Å². The monoisotopic (exact) mass is 395 g/mol. The summed E-state index contributed by atoms with van der Waals surface area (Å²) >= 11 is 0. The fraction of sp³-hybridized carbons (Fsp3) is 0.421. The maximum Gasteiger partial charge on any atom is 0.416 e. The summed E-state index contributed by atoms with van der Waals surface area (Å²) in [6.45, 7) is -0.250. The maximum atomic E-state index is 13.0. The van der Waals surface area contributed by atoms with Crippen LogP contribution in [0.3, 0.4) is 0 Å². The second kappa shape index (κ2) is 8.04. The Morgan fingerprint density at radius 3 is 2.57 bits per heavy atom. The molecule has 28 heavy (non-hydrogen) atoms. The fourth-order valence-electron chi connectivity index (χ4n) is 3.89. The van der Waals surface area contributed by atoms with Crippen LogP contribution in [-0.4, -0.2) is 27.3 Å². The zero-order chi connectivity index (χ0) is 20.3. The predicted octanol–water partition coefficient (Wildman–Crippen LogP) is 4.19. The molecule has 1 aromatic carbocycles. The van der Waals surface area contributed by atoms with Gasteiger partial charge >= 0.3 is 6.18 Å². The molecule has 1 aromatic heterocycles. The summed E-state index contributed by atoms with van der Waals surface area (Å²) in [6, 6.07) is 5.49. The molecule has 0 saturated heterocycles. The number of benzene rings is 1. The molecular formula is C19H20F3N3O3. The molecule has 150 valence electrons. The normalized spacial score (nSPS) is 19.4. The SMILES string of the molecule is O=C1CC(c2cccc(C(F)(F)F)c2)c2cnn(C3CCCC3)c2N1.O=CO. The third kappa shape index (κ3) is 4.02. The van der Waals surface area contributed by atoms with E-state index in [0.717, 1.165) is 43.4 Å². The minimum atomic E-state index is -4.40. The number of amides is 1. The molecule has 2 N–H and O–H groups in total. The van der Waals surface area contributed by atoms with Crippen molar-refractivity contribution in [3.05, 3.63) is 47.2 Å². The van der Waals surface area contributed by atoms with Crippen LogP contribution in [-0.2, 0) is 15.8 Å². The van der Waals surface area contributed by atoms with Gasteiger partial charge in [0.25, 0.3) is 6.47 Å². The number of rotatable bonds is 2. The summed E-state index contributed by atoms with van der Waals surface area (Å²) in [6.07, 6.45) is 1.71. The Morgan fingerprint density at radius 2 is 1.93 bits per heavy atom. The van der Waals surface area contributed by atoms with E-state index in [9.17, 15) is 18.0 Å². The minimum absolute atomic E-state index is 0.130. The summed E-state index contributed by atoms with van der Waals surface area (Å²) < 4.78 is 40.9. The van der Waals surface area contributed by atoms with E-state index >= 15 is 0 Å². The third-order valence-electron chi connectivity index (χ3n) is 5.13. The Labute approximate surface area is 159 Å². The zero-order valence-electron chi connectivity index (χ0n) is 14.9. The number of anilines is 1. The van der Waals surface area contributed by atoms with Crippen LogP contribution >= 0.6 is 0 Å². The Balaban J connectivity index is 0.000000706. The molecule has 1 unspecified atom stereocenters. The molecule has 1 aliphatic heterocycles. The van der Waals surface area contributed by atoms with Crippen LogP contribution in [0.2, 0.25) is 0 Å². The van der Waals surface area contributed by atoms with Crippen LogP contribution in [0.5, 0.6) is 0 Å². The molecule has 0 spiro atoms. The topological polar surface area (TPSA) is 84.2 Å². The Morgan fingerprint density at radius 1 is 1.25 bits per heavy atom. The van der Waals surface area contributed by atoms with Gasteiger partial charge in [-0.3, -0.25) is 9.59 Å². The van der Waals surface area contributed by atoms with Crippen molar-refractivity contribution in [2.75, 3.05) is 5.32 Å². The first-order valence-electron chi connectivity index (χ1n) is 8.97. The van der Waals surface area contributed by atoms with Gasteiger partial charge in [-0.05, 0) is 24.5 Å². The molecule has 2 aromatic rings. The molecule has 6 nitrogen and oxygen atoms in total. The lowest BCUT2D eigenvalue weighted by Crippen LogP contribution is -2.25. The van der Waals surface area contributed by atoms with Crippen LogP contribution < -0.4 is 5.32 Å². The number of aromatic nitrogens is 2. The quantitative estimate of drug-likeness (QED) is 0.747. The van der Waals surface area contributed by atoms with Gasteiger partial charge in [-0.15, -0.1) is 0 Å². The van der Waals surface area contributed by atoms with Crippen molar-refractivity contribution in [1.82, 2.24) is 9.78 Å². The lowest BCUT2D eigenvalue weighted by molar-refractivity contribution is -0.137. The van der Waals surface area contributed by atoms with Gasteiger partial charge < -0.3 is 10.4 Å². The highest BCUT2D eigenvalue weighted by Crippen LogP contribution is 2.41. The molecule has 0 radical (unpaired) electrons. The Bertz CT molecular complexity index is 858. The molecule has 0 bridgehead atoms. The van der Waals surface area contributed by atoms with Crippen molar-refractivity contribution in [3.63, 3.8) is 0 Å². The van der Waals surface area contributed by atoms with Gasteiger partial charge in [0.05, 0.1) is 17.8 Å². The molecule has 2 aliphatic rings. The highest BCUT2D eigenvalue weighted by molar-refractivity contribution is 5.94. The smallest absolute Gasteiger partial charge is 0.416 e. The number of alkyl halides is 3. The van der Waals surface area contributed by atoms with E-state index in [2.05, 4.69) is 10.4 Å². The minimum Gasteiger partial charge on any atom is -0.483 e. The van der Waals surface area contributed by atoms with Gasteiger partial charge in [0.2, 0.25) is 5.91 Å². The lowest BCUT2D eigenvalue weighted by atomic mass is 9.86. The van der Waals surface area contributed by atoms with Crippen LogP contribution in [0, 0.1) is 0 Å². The number of nitrogens with zero attached hydrogens (tertiary/aromatic N) is 2. The van der Waals surface area contributed by atoms with Crippen LogP contribution in [0.15, 0.2) is 30.5 Å². The van der Waals surface area contributed by atoms with Crippen molar-refractivity contribution >= 4 is 18.2 Å². The zero-order valence-corrected chi connectivity index (χ0v) is 14.9. The standard InChI is InChI=1S/C18H18F3N3O.CH2O2/c19-18(20,21)12-5-3-4-11(8-12)14-9-16(25)23-17-15(14)10-22-24(17)13-6-1-2-7-13;2-1-3/h3-5,8,10,13-14H,1-2,6-7,9H2,(H,23,25);1H,(H,2,3). The Hall–Kier alpha value is -2.84. The molecule has 1 amide bonds. The second-order valence-corrected chi connectivity index (χ2v) is 6.86. The molecule has 4 rings (SSSR count). The van der Waals surface area contributed by atoms with E-state index in [1.54, 1.807) is 12.3 Å². The average Bonchev–Trinajstić information content (AvgIpc) is 3.30. The average molecular weight is 395 g/mol. The van der Waals surface area contributed by atoms with Crippen LogP contribution in [0.1, 0.15) is 60.8 Å². The van der Waals surface area contributed by atoms with E-state index < -0.39 is 17.7 Å². The number of carboxylic acid groups (broad SMARTS) is 1. The highest BCUT2D eigenvalue weighted by atomic mass is 19.4. The predicted molar refractivity (Wildman–Crippen MR) is 95.0 cm³/mol. The highest BCUT2D eigenvalue weighted by Gasteiger charge is 2.35. The molecule has 9 heteroatoms. The number of carbonyl (C=O) groups is 2. The molecule has 1 atom stereocenters. The van der Waals surface area contributed by atoms with Gasteiger partial charge in [-0.1, -0.05) is 31.0 Å². The van der Waals surface area contributed by atoms with Crippen LogP contribution in [0.25, 0.3) is 0 Å². The summed E-state index contributed by atoms with van der Waals surface area (Å²) in [5.41, 5.74) is 0.600. The van der Waals surface area contributed by atoms with Gasteiger partial charge in [0, 0.05) is 17.9 Å². The molecule has 1 fully saturated rings. The maximum absolute atomic E-state index is 13.0. The van der Waals surface area contributed by atoms with E-state index in [4.69, 9.17) is 9.90 Å². The van der Waals surface area contributed by atoms with Crippen molar-refractivity contribution < 1.29 is 27.9 Å². The molecule has 2 heterocycles. The van der Waals surface area contributed by atoms with Crippen LogP contribution in [0.4, 0.5) is 19.0 Å².